The number of hydrogen-bond acceptors (Lipinski definition) is 4. The lowest BCUT2D eigenvalue weighted by Crippen LogP contribution is -2.16. The van der Waals surface area contributed by atoms with Crippen molar-refractivity contribution in [3.63, 3.8) is 0 Å². The summed E-state index contributed by atoms with van der Waals surface area (Å²) in [5.41, 5.74) is 1.84. The second kappa shape index (κ2) is 8.77. The largest absolute Gasteiger partial charge is 0.491 e. The number of anilines is 1. The van der Waals surface area contributed by atoms with E-state index in [0.717, 1.165) is 16.9 Å². The predicted molar refractivity (Wildman–Crippen MR) is 106 cm³/mol. The maximum atomic E-state index is 13.3. The number of thiazole rings is 1. The van der Waals surface area contributed by atoms with Crippen LogP contribution in [-0.2, 0) is 4.79 Å². The number of aromatic nitrogens is 1. The molecule has 4 nitrogen and oxygen atoms in total. The van der Waals surface area contributed by atoms with Crippen LogP contribution in [0, 0.1) is 5.82 Å². The van der Waals surface area contributed by atoms with Gasteiger partial charge in [0.15, 0.2) is 5.13 Å². The highest BCUT2D eigenvalue weighted by molar-refractivity contribution is 7.13. The van der Waals surface area contributed by atoms with E-state index in [9.17, 15) is 9.18 Å². The van der Waals surface area contributed by atoms with Crippen LogP contribution in [-0.4, -0.2) is 17.0 Å². The minimum atomic E-state index is -0.301. The average Bonchev–Trinajstić information content (AvgIpc) is 3.14. The van der Waals surface area contributed by atoms with E-state index >= 15 is 0 Å². The third-order valence-corrected chi connectivity index (χ3v) is 4.68. The zero-order chi connectivity index (χ0) is 19.2. The Morgan fingerprint density at radius 2 is 1.74 bits per heavy atom. The Morgan fingerprint density at radius 1 is 1.11 bits per heavy atom. The third-order valence-electron chi connectivity index (χ3n) is 3.99. The van der Waals surface area contributed by atoms with Crippen molar-refractivity contribution in [1.29, 1.82) is 0 Å². The van der Waals surface area contributed by atoms with Crippen molar-refractivity contribution in [2.75, 3.05) is 5.32 Å². The van der Waals surface area contributed by atoms with Crippen LogP contribution in [0.15, 0.2) is 60.1 Å². The summed E-state index contributed by atoms with van der Waals surface area (Å²) in [5.74, 6) is 0.143. The van der Waals surface area contributed by atoms with E-state index in [2.05, 4.69) is 10.3 Å². The molecule has 0 saturated carbocycles. The number of ether oxygens (including phenoxy) is 1. The zero-order valence-corrected chi connectivity index (χ0v) is 16.0. The van der Waals surface area contributed by atoms with Gasteiger partial charge in [-0.25, -0.2) is 9.37 Å². The van der Waals surface area contributed by atoms with Crippen molar-refractivity contribution in [1.82, 2.24) is 4.98 Å². The molecular weight excluding hydrogens is 363 g/mol. The molecule has 3 rings (SSSR count). The van der Waals surface area contributed by atoms with Gasteiger partial charge >= 0.3 is 0 Å². The van der Waals surface area contributed by atoms with Crippen LogP contribution in [0.25, 0.3) is 0 Å². The number of carbonyl (C=O) groups excluding carboxylic acids is 1. The average molecular weight is 384 g/mol. The molecule has 0 spiro atoms. The van der Waals surface area contributed by atoms with Gasteiger partial charge in [-0.2, -0.15) is 0 Å². The first-order valence-corrected chi connectivity index (χ1v) is 9.60. The van der Waals surface area contributed by atoms with Crippen LogP contribution < -0.4 is 10.1 Å². The molecule has 2 aromatic carbocycles. The van der Waals surface area contributed by atoms with Gasteiger partial charge in [0.1, 0.15) is 11.6 Å². The van der Waals surface area contributed by atoms with Crippen molar-refractivity contribution < 1.29 is 13.9 Å². The normalized spacial score (nSPS) is 12.0. The molecule has 1 aromatic heterocycles. The van der Waals surface area contributed by atoms with Gasteiger partial charge in [-0.05, 0) is 49.2 Å². The van der Waals surface area contributed by atoms with Gasteiger partial charge in [0.2, 0.25) is 5.91 Å². The van der Waals surface area contributed by atoms with E-state index in [1.165, 1.54) is 23.5 Å². The fourth-order valence-corrected chi connectivity index (χ4v) is 3.36. The number of halogens is 1. The lowest BCUT2D eigenvalue weighted by Gasteiger charge is -2.18. The van der Waals surface area contributed by atoms with E-state index in [-0.39, 0.29) is 30.2 Å². The number of nitrogens with one attached hydrogen (secondary N) is 1. The summed E-state index contributed by atoms with van der Waals surface area (Å²) >= 11 is 1.37. The highest BCUT2D eigenvalue weighted by Gasteiger charge is 2.19. The predicted octanol–water partition coefficient (Wildman–Crippen LogP) is 5.23. The van der Waals surface area contributed by atoms with Crippen molar-refractivity contribution in [3.05, 3.63) is 77.1 Å². The van der Waals surface area contributed by atoms with Gasteiger partial charge in [0.05, 0.1) is 6.10 Å². The Labute approximate surface area is 162 Å². The van der Waals surface area contributed by atoms with Crippen molar-refractivity contribution in [2.45, 2.75) is 32.3 Å². The van der Waals surface area contributed by atoms with Crippen LogP contribution in [0.4, 0.5) is 9.52 Å². The molecule has 0 unspecified atom stereocenters. The van der Waals surface area contributed by atoms with Crippen LogP contribution in [0.2, 0.25) is 0 Å². The highest BCUT2D eigenvalue weighted by Crippen LogP contribution is 2.30. The van der Waals surface area contributed by atoms with E-state index in [1.54, 1.807) is 23.7 Å². The lowest BCUT2D eigenvalue weighted by molar-refractivity contribution is -0.116. The van der Waals surface area contributed by atoms with Gasteiger partial charge in [-0.1, -0.05) is 24.3 Å². The fraction of sp³-hybridized carbons (Fsp3) is 0.238. The van der Waals surface area contributed by atoms with E-state index < -0.39 is 0 Å². The monoisotopic (exact) mass is 384 g/mol. The minimum absolute atomic E-state index is 0.0906. The second-order valence-corrected chi connectivity index (χ2v) is 7.32. The summed E-state index contributed by atoms with van der Waals surface area (Å²) in [6.45, 7) is 3.94. The van der Waals surface area contributed by atoms with Crippen molar-refractivity contribution in [2.24, 2.45) is 0 Å². The smallest absolute Gasteiger partial charge is 0.227 e. The molecule has 0 aliphatic heterocycles. The van der Waals surface area contributed by atoms with E-state index in [1.807, 2.05) is 38.1 Å². The Hall–Kier alpha value is -2.73. The van der Waals surface area contributed by atoms with Crippen LogP contribution in [0.5, 0.6) is 5.75 Å². The van der Waals surface area contributed by atoms with Gasteiger partial charge in [0.25, 0.3) is 0 Å². The summed E-state index contributed by atoms with van der Waals surface area (Å²) in [6.07, 6.45) is 1.97. The van der Waals surface area contributed by atoms with Gasteiger partial charge in [0, 0.05) is 23.9 Å². The molecule has 1 atom stereocenters. The zero-order valence-electron chi connectivity index (χ0n) is 15.2. The Balaban J connectivity index is 1.83. The van der Waals surface area contributed by atoms with Gasteiger partial charge in [-0.3, -0.25) is 4.79 Å². The summed E-state index contributed by atoms with van der Waals surface area (Å²) in [5, 5.41) is 5.18. The molecule has 0 fully saturated rings. The van der Waals surface area contributed by atoms with Gasteiger partial charge < -0.3 is 10.1 Å². The first-order chi connectivity index (χ1) is 13.0. The summed E-state index contributed by atoms with van der Waals surface area (Å²) in [4.78, 5) is 16.6. The van der Waals surface area contributed by atoms with E-state index in [0.29, 0.717) is 5.13 Å². The standard InChI is InChI=1S/C21H21FN2O2S/c1-14(2)26-18-9-5-16(6-10-18)19(15-3-7-17(22)8-4-15)13-20(25)24-21-23-11-12-27-21/h3-12,14,19H,13H2,1-2H3,(H,23,24,25)/t19-/m1/s1. The maximum Gasteiger partial charge on any atom is 0.227 e. The fourth-order valence-electron chi connectivity index (χ4n) is 2.81. The summed E-state index contributed by atoms with van der Waals surface area (Å²) in [6, 6.07) is 13.9. The van der Waals surface area contributed by atoms with Gasteiger partial charge in [-0.15, -0.1) is 11.3 Å². The quantitative estimate of drug-likeness (QED) is 0.607. The van der Waals surface area contributed by atoms with Crippen molar-refractivity contribution >= 4 is 22.4 Å². The first-order valence-electron chi connectivity index (χ1n) is 8.72. The molecule has 0 bridgehead atoms. The number of benzene rings is 2. The molecule has 6 heteroatoms. The van der Waals surface area contributed by atoms with Crippen LogP contribution in [0.3, 0.4) is 0 Å². The number of amides is 1. The molecule has 27 heavy (non-hydrogen) atoms. The Morgan fingerprint density at radius 3 is 2.30 bits per heavy atom. The number of nitrogens with zero attached hydrogens (tertiary/aromatic N) is 1. The summed E-state index contributed by atoms with van der Waals surface area (Å²) < 4.78 is 19.0. The maximum absolute atomic E-state index is 13.3. The number of carbonyl (C=O) groups is 1. The third kappa shape index (κ3) is 5.37. The Kier molecular flexibility index (Phi) is 6.19. The minimum Gasteiger partial charge on any atom is -0.491 e. The lowest BCUT2D eigenvalue weighted by atomic mass is 9.88. The molecule has 1 heterocycles. The van der Waals surface area contributed by atoms with Crippen LogP contribution in [0.1, 0.15) is 37.3 Å². The molecule has 1 N–H and O–H groups in total. The summed E-state index contributed by atoms with van der Waals surface area (Å²) in [7, 11) is 0. The number of hydrogen-bond donors (Lipinski definition) is 1. The molecule has 140 valence electrons. The van der Waals surface area contributed by atoms with Crippen LogP contribution >= 0.6 is 11.3 Å². The topological polar surface area (TPSA) is 51.2 Å². The Bertz CT molecular complexity index is 862. The number of rotatable bonds is 7. The molecule has 1 amide bonds. The SMILES string of the molecule is CC(C)Oc1ccc([C@H](CC(=O)Nc2nccs2)c2ccc(F)cc2)cc1. The molecule has 0 aliphatic carbocycles. The molecular formula is C21H21FN2O2S. The second-order valence-electron chi connectivity index (χ2n) is 6.43. The van der Waals surface area contributed by atoms with E-state index in [4.69, 9.17) is 4.74 Å². The molecule has 3 aromatic rings. The van der Waals surface area contributed by atoms with Crippen molar-refractivity contribution in [3.8, 4) is 5.75 Å². The molecule has 0 radical (unpaired) electrons. The highest BCUT2D eigenvalue weighted by atomic mass is 32.1. The molecule has 0 aliphatic rings. The molecule has 0 saturated heterocycles. The first kappa shape index (κ1) is 19.0.